The van der Waals surface area contributed by atoms with E-state index in [2.05, 4.69) is 20.4 Å². The Balaban J connectivity index is 0.00000625. The highest BCUT2D eigenvalue weighted by molar-refractivity contribution is 14.0. The lowest BCUT2D eigenvalue weighted by atomic mass is 10.2. The van der Waals surface area contributed by atoms with Crippen LogP contribution in [0.4, 0.5) is 13.2 Å². The molecule has 148 valence electrons. The van der Waals surface area contributed by atoms with Gasteiger partial charge in [-0.3, -0.25) is 4.79 Å². The molecule has 1 rings (SSSR count). The lowest BCUT2D eigenvalue weighted by Gasteiger charge is -2.14. The molecule has 0 saturated heterocycles. The maximum absolute atomic E-state index is 12.1. The predicted octanol–water partition coefficient (Wildman–Crippen LogP) is 2.39. The van der Waals surface area contributed by atoms with Crippen LogP contribution < -0.4 is 15.4 Å². The molecule has 0 aliphatic heterocycles. The number of benzene rings is 1. The zero-order valence-corrected chi connectivity index (χ0v) is 17.2. The van der Waals surface area contributed by atoms with Crippen LogP contribution in [0, 0.1) is 0 Å². The third-order valence-corrected chi connectivity index (χ3v) is 3.00. The molecule has 2 N–H and O–H groups in total. The van der Waals surface area contributed by atoms with Crippen molar-refractivity contribution in [3.05, 3.63) is 29.8 Å². The Kier molecular flexibility index (Phi) is 11.0. The molecule has 26 heavy (non-hydrogen) atoms. The minimum Gasteiger partial charge on any atom is -0.484 e. The van der Waals surface area contributed by atoms with Crippen LogP contribution in [0.25, 0.3) is 0 Å². The highest BCUT2D eigenvalue weighted by Crippen LogP contribution is 2.19. The van der Waals surface area contributed by atoms with E-state index in [1.807, 2.05) is 6.92 Å². The van der Waals surface area contributed by atoms with Crippen molar-refractivity contribution >= 4 is 35.8 Å². The number of carbonyl (C=O) groups excluding carboxylic acids is 1. The van der Waals surface area contributed by atoms with E-state index < -0.39 is 12.8 Å². The predicted molar refractivity (Wildman–Crippen MR) is 105 cm³/mol. The van der Waals surface area contributed by atoms with Crippen molar-refractivity contribution in [3.8, 4) is 5.75 Å². The number of amides is 1. The maximum atomic E-state index is 12.1. The first kappa shape index (κ1) is 24.3. The van der Waals surface area contributed by atoms with Crippen LogP contribution in [0.2, 0.25) is 0 Å². The van der Waals surface area contributed by atoms with Gasteiger partial charge in [-0.15, -0.1) is 24.0 Å². The molecule has 0 aliphatic rings. The molecule has 0 fully saturated rings. The number of halogens is 4. The van der Waals surface area contributed by atoms with E-state index in [4.69, 9.17) is 0 Å². The molecule has 1 aromatic rings. The number of nitrogens with one attached hydrogen (secondary N) is 2. The zero-order chi connectivity index (χ0) is 18.9. The molecule has 0 heterocycles. The first-order valence-corrected chi connectivity index (χ1v) is 7.72. The Hall–Kier alpha value is -1.72. The number of hydrogen-bond acceptors (Lipinski definition) is 3. The van der Waals surface area contributed by atoms with E-state index >= 15 is 0 Å². The Morgan fingerprint density at radius 3 is 2.31 bits per heavy atom. The van der Waals surface area contributed by atoms with Crippen LogP contribution in [-0.4, -0.2) is 56.7 Å². The van der Waals surface area contributed by atoms with Crippen LogP contribution in [0.15, 0.2) is 29.3 Å². The molecule has 1 amide bonds. The summed E-state index contributed by atoms with van der Waals surface area (Å²) in [6.45, 7) is 1.64. The molecule has 0 bridgehead atoms. The number of rotatable bonds is 7. The Bertz CT molecular complexity index is 578. The summed E-state index contributed by atoms with van der Waals surface area (Å²) in [6, 6.07) is 6.21. The third kappa shape index (κ3) is 10.3. The van der Waals surface area contributed by atoms with E-state index in [0.717, 1.165) is 5.56 Å². The van der Waals surface area contributed by atoms with Crippen molar-refractivity contribution in [1.29, 1.82) is 0 Å². The Morgan fingerprint density at radius 2 is 1.81 bits per heavy atom. The average Bonchev–Trinajstić information content (AvgIpc) is 2.55. The first-order chi connectivity index (χ1) is 11.7. The molecule has 1 aromatic carbocycles. The second-order valence-electron chi connectivity index (χ2n) is 5.38. The van der Waals surface area contributed by atoms with E-state index in [1.54, 1.807) is 26.2 Å². The van der Waals surface area contributed by atoms with Gasteiger partial charge in [0.05, 0.1) is 13.1 Å². The van der Waals surface area contributed by atoms with Gasteiger partial charge in [-0.25, -0.2) is 4.99 Å². The largest absolute Gasteiger partial charge is 0.484 e. The van der Waals surface area contributed by atoms with Gasteiger partial charge in [0, 0.05) is 20.6 Å². The second-order valence-corrected chi connectivity index (χ2v) is 5.38. The number of aliphatic imine (C=N–C) groups is 1. The maximum Gasteiger partial charge on any atom is 0.422 e. The number of carbonyl (C=O) groups is 1. The quantitative estimate of drug-likeness (QED) is 0.352. The molecule has 0 unspecified atom stereocenters. The average molecular weight is 488 g/mol. The standard InChI is InChI=1S/C16H23F3N4O2.HI/c1-4-20-15(22-10-14(24)23(2)3)21-9-12-5-7-13(8-6-12)25-11-16(17,18)19;/h5-8H,4,9-11H2,1-3H3,(H2,20,21,22);1H. The lowest BCUT2D eigenvalue weighted by molar-refractivity contribution is -0.153. The summed E-state index contributed by atoms with van der Waals surface area (Å²) in [6.07, 6.45) is -4.36. The van der Waals surface area contributed by atoms with Crippen molar-refractivity contribution in [2.45, 2.75) is 19.6 Å². The SMILES string of the molecule is CCNC(=NCc1ccc(OCC(F)(F)F)cc1)NCC(=O)N(C)C.I. The molecule has 0 saturated carbocycles. The molecule has 10 heteroatoms. The first-order valence-electron chi connectivity index (χ1n) is 7.72. The molecular weight excluding hydrogens is 464 g/mol. The number of hydrogen-bond donors (Lipinski definition) is 2. The van der Waals surface area contributed by atoms with Crippen molar-refractivity contribution in [1.82, 2.24) is 15.5 Å². The molecule has 0 aliphatic carbocycles. The molecule has 0 radical (unpaired) electrons. The summed E-state index contributed by atoms with van der Waals surface area (Å²) < 4.78 is 40.9. The van der Waals surface area contributed by atoms with Crippen molar-refractivity contribution < 1.29 is 22.7 Å². The number of guanidine groups is 1. The van der Waals surface area contributed by atoms with Gasteiger partial charge in [0.1, 0.15) is 5.75 Å². The van der Waals surface area contributed by atoms with Crippen molar-refractivity contribution in [2.24, 2.45) is 4.99 Å². The fourth-order valence-electron chi connectivity index (χ4n) is 1.69. The summed E-state index contributed by atoms with van der Waals surface area (Å²) >= 11 is 0. The summed E-state index contributed by atoms with van der Waals surface area (Å²) in [5.41, 5.74) is 0.801. The van der Waals surface area contributed by atoms with E-state index in [9.17, 15) is 18.0 Å². The summed E-state index contributed by atoms with van der Waals surface area (Å²) in [7, 11) is 3.33. The van der Waals surface area contributed by atoms with Gasteiger partial charge in [-0.2, -0.15) is 13.2 Å². The molecular formula is C16H24F3IN4O2. The Labute approximate surface area is 168 Å². The van der Waals surface area contributed by atoms with Gasteiger partial charge >= 0.3 is 6.18 Å². The van der Waals surface area contributed by atoms with Crippen molar-refractivity contribution in [3.63, 3.8) is 0 Å². The fraction of sp³-hybridized carbons (Fsp3) is 0.500. The smallest absolute Gasteiger partial charge is 0.422 e. The molecule has 0 atom stereocenters. The summed E-state index contributed by atoms with van der Waals surface area (Å²) in [5, 5.41) is 5.93. The fourth-order valence-corrected chi connectivity index (χ4v) is 1.69. The third-order valence-electron chi connectivity index (χ3n) is 3.00. The van der Waals surface area contributed by atoms with Crippen LogP contribution in [0.1, 0.15) is 12.5 Å². The number of nitrogens with zero attached hydrogens (tertiary/aromatic N) is 2. The normalized spacial score (nSPS) is 11.4. The lowest BCUT2D eigenvalue weighted by Crippen LogP contribution is -2.42. The molecule has 6 nitrogen and oxygen atoms in total. The second kappa shape index (κ2) is 11.8. The van der Waals surface area contributed by atoms with E-state index in [-0.39, 0.29) is 42.2 Å². The molecule has 0 aromatic heterocycles. The van der Waals surface area contributed by atoms with Gasteiger partial charge in [-0.05, 0) is 24.6 Å². The summed E-state index contributed by atoms with van der Waals surface area (Å²) in [5.74, 6) is 0.540. The number of ether oxygens (including phenoxy) is 1. The number of alkyl halides is 3. The van der Waals surface area contributed by atoms with Gasteiger partial charge in [-0.1, -0.05) is 12.1 Å². The van der Waals surface area contributed by atoms with Crippen LogP contribution in [0.5, 0.6) is 5.75 Å². The molecule has 0 spiro atoms. The van der Waals surface area contributed by atoms with Crippen LogP contribution >= 0.6 is 24.0 Å². The van der Waals surface area contributed by atoms with E-state index in [0.29, 0.717) is 19.0 Å². The number of likely N-dealkylation sites (N-methyl/N-ethyl adjacent to an activating group) is 1. The van der Waals surface area contributed by atoms with Crippen LogP contribution in [-0.2, 0) is 11.3 Å². The highest BCUT2D eigenvalue weighted by atomic mass is 127. The monoisotopic (exact) mass is 488 g/mol. The van der Waals surface area contributed by atoms with Gasteiger partial charge in [0.15, 0.2) is 12.6 Å². The van der Waals surface area contributed by atoms with Crippen LogP contribution in [0.3, 0.4) is 0 Å². The van der Waals surface area contributed by atoms with Gasteiger partial charge in [0.2, 0.25) is 5.91 Å². The summed E-state index contributed by atoms with van der Waals surface area (Å²) in [4.78, 5) is 17.4. The minimum atomic E-state index is -4.36. The van der Waals surface area contributed by atoms with Gasteiger partial charge < -0.3 is 20.3 Å². The highest BCUT2D eigenvalue weighted by Gasteiger charge is 2.28. The van der Waals surface area contributed by atoms with E-state index in [1.165, 1.54) is 17.0 Å². The van der Waals surface area contributed by atoms with Crippen molar-refractivity contribution in [2.75, 3.05) is 33.8 Å². The zero-order valence-electron chi connectivity index (χ0n) is 14.9. The van der Waals surface area contributed by atoms with Gasteiger partial charge in [0.25, 0.3) is 0 Å². The topological polar surface area (TPSA) is 66.0 Å². The Morgan fingerprint density at radius 1 is 1.19 bits per heavy atom. The minimum absolute atomic E-state index is 0.